The number of carbonyl (C=O) groups excluding carboxylic acids is 2. The first-order valence-corrected chi connectivity index (χ1v) is 14.4. The molecule has 7 nitrogen and oxygen atoms in total. The van der Waals surface area contributed by atoms with E-state index < -0.39 is 5.60 Å². The Morgan fingerprint density at radius 3 is 2.39 bits per heavy atom. The van der Waals surface area contributed by atoms with Gasteiger partial charge in [0.1, 0.15) is 5.60 Å². The number of fused-ring (bicyclic) bond motifs is 1. The van der Waals surface area contributed by atoms with E-state index in [-0.39, 0.29) is 18.1 Å². The summed E-state index contributed by atoms with van der Waals surface area (Å²) in [6.45, 7) is 13.7. The van der Waals surface area contributed by atoms with E-state index in [0.29, 0.717) is 11.0 Å². The molecule has 41 heavy (non-hydrogen) atoms. The van der Waals surface area contributed by atoms with E-state index in [4.69, 9.17) is 9.47 Å². The first-order chi connectivity index (χ1) is 19.3. The smallest absolute Gasteiger partial charge is 0.419 e. The second kappa shape index (κ2) is 10.7. The predicted molar refractivity (Wildman–Crippen MR) is 164 cm³/mol. The minimum Gasteiger partial charge on any atom is -0.465 e. The maximum Gasteiger partial charge on any atom is 0.419 e. The molecule has 1 aliphatic carbocycles. The summed E-state index contributed by atoms with van der Waals surface area (Å²) in [5.74, 6) is -0.323. The molecule has 0 radical (unpaired) electrons. The van der Waals surface area contributed by atoms with E-state index in [0.717, 1.165) is 60.9 Å². The molecule has 1 saturated heterocycles. The van der Waals surface area contributed by atoms with Gasteiger partial charge in [-0.25, -0.2) is 9.59 Å². The normalized spacial score (nSPS) is 18.8. The highest BCUT2D eigenvalue weighted by molar-refractivity contribution is 5.96. The van der Waals surface area contributed by atoms with Crippen LogP contribution in [0.4, 0.5) is 10.5 Å². The zero-order valence-corrected chi connectivity index (χ0v) is 25.5. The summed E-state index contributed by atoms with van der Waals surface area (Å²) < 4.78 is 12.3. The molecule has 0 unspecified atom stereocenters. The van der Waals surface area contributed by atoms with Crippen LogP contribution in [-0.2, 0) is 16.0 Å². The number of rotatable bonds is 5. The van der Waals surface area contributed by atoms with Crippen molar-refractivity contribution in [3.8, 4) is 0 Å². The number of esters is 1. The van der Waals surface area contributed by atoms with Crippen LogP contribution in [0.5, 0.6) is 0 Å². The molecule has 2 aromatic carbocycles. The molecule has 7 heteroatoms. The second-order valence-corrected chi connectivity index (χ2v) is 13.2. The van der Waals surface area contributed by atoms with Crippen molar-refractivity contribution < 1.29 is 19.1 Å². The van der Waals surface area contributed by atoms with Crippen molar-refractivity contribution in [1.82, 2.24) is 9.47 Å². The van der Waals surface area contributed by atoms with Crippen LogP contribution >= 0.6 is 0 Å². The number of ether oxygens (including phenoxy) is 2. The Bertz CT molecular complexity index is 1480. The minimum absolute atomic E-state index is 0.197. The molecule has 3 aromatic rings. The maximum absolute atomic E-state index is 13.2. The van der Waals surface area contributed by atoms with E-state index in [1.807, 2.05) is 39.1 Å². The van der Waals surface area contributed by atoms with Crippen LogP contribution in [0.1, 0.15) is 79.5 Å². The number of aromatic nitrogens is 1. The Morgan fingerprint density at radius 1 is 1.12 bits per heavy atom. The minimum atomic E-state index is -0.582. The molecule has 0 N–H and O–H groups in total. The summed E-state index contributed by atoms with van der Waals surface area (Å²) in [6, 6.07) is 12.3. The van der Waals surface area contributed by atoms with E-state index in [1.54, 1.807) is 4.57 Å². The number of hydrogen-bond donors (Lipinski definition) is 0. The fraction of sp³-hybridized carbons (Fsp3) is 0.471. The number of benzene rings is 2. The highest BCUT2D eigenvalue weighted by Crippen LogP contribution is 2.56. The quantitative estimate of drug-likeness (QED) is 0.243. The summed E-state index contributed by atoms with van der Waals surface area (Å²) in [4.78, 5) is 30.0. The average Bonchev–Trinajstić information content (AvgIpc) is 3.35. The summed E-state index contributed by atoms with van der Waals surface area (Å²) >= 11 is 0. The molecule has 218 valence electrons. The van der Waals surface area contributed by atoms with Gasteiger partial charge < -0.3 is 14.4 Å². The monoisotopic (exact) mass is 557 g/mol. The molecule has 1 atom stereocenters. The molecule has 0 amide bonds. The molecule has 0 bridgehead atoms. The maximum atomic E-state index is 13.2. The lowest BCUT2D eigenvalue weighted by Gasteiger charge is -2.53. The van der Waals surface area contributed by atoms with Crippen molar-refractivity contribution in [3.05, 3.63) is 77.0 Å². The van der Waals surface area contributed by atoms with Crippen LogP contribution in [0.25, 0.3) is 10.9 Å². The van der Waals surface area contributed by atoms with Crippen LogP contribution in [0.15, 0.2) is 54.7 Å². The molecule has 1 aliphatic heterocycles. The molecule has 2 heterocycles. The summed E-state index contributed by atoms with van der Waals surface area (Å²) in [5.41, 5.74) is 7.09. The van der Waals surface area contributed by atoms with Gasteiger partial charge in [-0.15, -0.1) is 0 Å². The molecule has 1 saturated carbocycles. The van der Waals surface area contributed by atoms with Crippen molar-refractivity contribution in [2.45, 2.75) is 71.6 Å². The number of likely N-dealkylation sites (tertiary alicyclic amines) is 1. The van der Waals surface area contributed by atoms with Gasteiger partial charge in [0.25, 0.3) is 0 Å². The SMILES string of the molecule is C=C1CC2(CCN(Cc3c(N(C)C)cc(C)c4c3ccn4C(=O)OC(C)(C)C)[C@H](c3ccc(C(=O)OC)cc3)C2)C1. The van der Waals surface area contributed by atoms with Gasteiger partial charge in [0.2, 0.25) is 0 Å². The summed E-state index contributed by atoms with van der Waals surface area (Å²) in [7, 11) is 5.55. The number of anilines is 1. The van der Waals surface area contributed by atoms with Gasteiger partial charge in [-0.3, -0.25) is 9.47 Å². The van der Waals surface area contributed by atoms with Gasteiger partial charge in [0.15, 0.2) is 0 Å². The van der Waals surface area contributed by atoms with Crippen molar-refractivity contribution in [1.29, 1.82) is 0 Å². The highest BCUT2D eigenvalue weighted by Gasteiger charge is 2.46. The van der Waals surface area contributed by atoms with E-state index >= 15 is 0 Å². The Labute approximate surface area is 243 Å². The lowest BCUT2D eigenvalue weighted by atomic mass is 9.59. The van der Waals surface area contributed by atoms with Gasteiger partial charge in [0.05, 0.1) is 18.2 Å². The van der Waals surface area contributed by atoms with Crippen LogP contribution in [-0.4, -0.2) is 54.9 Å². The predicted octanol–water partition coefficient (Wildman–Crippen LogP) is 7.26. The number of hydrogen-bond acceptors (Lipinski definition) is 6. The van der Waals surface area contributed by atoms with Gasteiger partial charge in [-0.2, -0.15) is 0 Å². The number of piperidine rings is 1. The first-order valence-electron chi connectivity index (χ1n) is 14.4. The zero-order chi connectivity index (χ0) is 29.7. The van der Waals surface area contributed by atoms with Crippen LogP contribution in [0.3, 0.4) is 0 Å². The zero-order valence-electron chi connectivity index (χ0n) is 25.5. The number of allylic oxidation sites excluding steroid dienone is 1. The molecular formula is C34H43N3O4. The first kappa shape index (κ1) is 28.9. The van der Waals surface area contributed by atoms with Gasteiger partial charge in [-0.05, 0) is 106 Å². The van der Waals surface area contributed by atoms with Crippen LogP contribution in [0, 0.1) is 12.3 Å². The largest absolute Gasteiger partial charge is 0.465 e. The molecular weight excluding hydrogens is 514 g/mol. The van der Waals surface area contributed by atoms with Crippen LogP contribution in [0.2, 0.25) is 0 Å². The standard InChI is InChI=1S/C34H43N3O4/c1-22-18-34(19-22)14-16-36(29(20-34)24-9-11-25(12-10-24)31(38)40-8)21-27-26-13-15-37(32(39)41-33(3,4)5)30(26)23(2)17-28(27)35(6)7/h9-13,15,17,29H,1,14,16,18-21H2,2-8H3/t29-/m0/s1. The molecule has 1 aromatic heterocycles. The Hall–Kier alpha value is -3.58. The molecule has 1 spiro atoms. The van der Waals surface area contributed by atoms with Crippen molar-refractivity contribution in [2.24, 2.45) is 5.41 Å². The molecule has 5 rings (SSSR count). The third-order valence-electron chi connectivity index (χ3n) is 8.64. The fourth-order valence-electron chi connectivity index (χ4n) is 6.79. The Kier molecular flexibility index (Phi) is 7.53. The van der Waals surface area contributed by atoms with E-state index in [2.05, 4.69) is 61.7 Å². The number of methoxy groups -OCH3 is 1. The number of nitrogens with zero attached hydrogens (tertiary/aromatic N) is 3. The third-order valence-corrected chi connectivity index (χ3v) is 8.64. The Morgan fingerprint density at radius 2 is 1.80 bits per heavy atom. The van der Waals surface area contributed by atoms with Gasteiger partial charge >= 0.3 is 12.1 Å². The molecule has 2 aliphatic rings. The summed E-state index contributed by atoms with van der Waals surface area (Å²) in [6.07, 6.45) is 5.83. The van der Waals surface area contributed by atoms with Gasteiger partial charge in [-0.1, -0.05) is 24.3 Å². The summed E-state index contributed by atoms with van der Waals surface area (Å²) in [5, 5.41) is 1.07. The third kappa shape index (κ3) is 5.65. The van der Waals surface area contributed by atoms with Crippen molar-refractivity contribution in [3.63, 3.8) is 0 Å². The fourth-order valence-corrected chi connectivity index (χ4v) is 6.79. The number of aryl methyl sites for hydroxylation is 1. The van der Waals surface area contributed by atoms with E-state index in [1.165, 1.54) is 23.8 Å². The van der Waals surface area contributed by atoms with Crippen LogP contribution < -0.4 is 4.90 Å². The van der Waals surface area contributed by atoms with Gasteiger partial charge in [0, 0.05) is 44.0 Å². The topological polar surface area (TPSA) is 64.0 Å². The average molecular weight is 558 g/mol. The second-order valence-electron chi connectivity index (χ2n) is 13.2. The van der Waals surface area contributed by atoms with E-state index in [9.17, 15) is 9.59 Å². The number of carbonyl (C=O) groups is 2. The lowest BCUT2D eigenvalue weighted by Crippen LogP contribution is -2.45. The Balaban J connectivity index is 1.55. The highest BCUT2D eigenvalue weighted by atomic mass is 16.6. The molecule has 2 fully saturated rings. The lowest BCUT2D eigenvalue weighted by molar-refractivity contribution is 0.0177. The van der Waals surface area contributed by atoms with Crippen molar-refractivity contribution >= 4 is 28.7 Å². The van der Waals surface area contributed by atoms with Crippen molar-refractivity contribution in [2.75, 3.05) is 32.6 Å².